The first kappa shape index (κ1) is 28.0. The zero-order valence-electron chi connectivity index (χ0n) is 8.30. The highest BCUT2D eigenvalue weighted by molar-refractivity contribution is 8.25. The number of hydrogen-bond donors (Lipinski definition) is 10. The third kappa shape index (κ3) is 9590. The van der Waals surface area contributed by atoms with Gasteiger partial charge in [0.1, 0.15) is 0 Å². The van der Waals surface area contributed by atoms with E-state index in [2.05, 4.69) is 12.2 Å². The molecule has 19 heavy (non-hydrogen) atoms. The molecule has 14 nitrogen and oxygen atoms in total. The Hall–Kier alpha value is 0.740. The topological polar surface area (TPSA) is 271 Å². The fourth-order valence-corrected chi connectivity index (χ4v) is 0. The SMILES string of the molecule is O=P(O)(O)O.O=P(O)(O)O.O=P(O)(O)O.O=[P+](O)[S-]. The fraction of sp³-hybridized carbons (Fsp3) is 0. The number of rotatable bonds is 0. The zero-order valence-corrected chi connectivity index (χ0v) is 12.7. The van der Waals surface area contributed by atoms with E-state index in [0.717, 1.165) is 0 Å². The average molecular weight is 390 g/mol. The van der Waals surface area contributed by atoms with Gasteiger partial charge in [0.05, 0.1) is 0 Å². The molecule has 10 N–H and O–H groups in total. The van der Waals surface area contributed by atoms with Crippen LogP contribution in [-0.4, -0.2) is 48.9 Å². The van der Waals surface area contributed by atoms with E-state index < -0.39 is 30.7 Å². The number of phosphoric acid groups is 3. The van der Waals surface area contributed by atoms with Gasteiger partial charge in [-0.25, -0.2) is 13.7 Å². The van der Waals surface area contributed by atoms with Gasteiger partial charge in [0.15, 0.2) is 0 Å². The molecule has 0 aliphatic rings. The van der Waals surface area contributed by atoms with Crippen LogP contribution in [0.15, 0.2) is 0 Å². The van der Waals surface area contributed by atoms with Crippen LogP contribution in [-0.2, 0) is 30.5 Å². The largest absolute Gasteiger partial charge is 0.466 e. The first-order valence-electron chi connectivity index (χ1n) is 2.91. The summed E-state index contributed by atoms with van der Waals surface area (Å²) in [4.78, 5) is 72.1. The van der Waals surface area contributed by atoms with Crippen LogP contribution in [0.4, 0.5) is 0 Å². The highest BCUT2D eigenvalue weighted by atomic mass is 32.7. The molecule has 0 aromatic heterocycles. The number of hydrogen-bond acceptors (Lipinski definition) is 5. The van der Waals surface area contributed by atoms with Gasteiger partial charge in [-0.15, -0.1) is 0 Å². The Morgan fingerprint density at radius 1 is 0.632 bits per heavy atom. The Morgan fingerprint density at radius 2 is 0.632 bits per heavy atom. The average Bonchev–Trinajstić information content (AvgIpc) is 1.66. The molecule has 1 unspecified atom stereocenters. The summed E-state index contributed by atoms with van der Waals surface area (Å²) in [6.45, 7) is 0. The van der Waals surface area contributed by atoms with Gasteiger partial charge < -0.3 is 56.3 Å². The quantitative estimate of drug-likeness (QED) is 0.150. The van der Waals surface area contributed by atoms with Gasteiger partial charge in [-0.3, -0.25) is 0 Å². The Bertz CT molecular complexity index is 275. The zero-order chi connectivity index (χ0) is 17.1. The summed E-state index contributed by atoms with van der Waals surface area (Å²) in [5, 5.41) is 0. The van der Waals surface area contributed by atoms with Crippen LogP contribution >= 0.6 is 30.7 Å². The molecule has 0 radical (unpaired) electrons. The lowest BCUT2D eigenvalue weighted by atomic mass is 15.8. The molecule has 0 spiro atoms. The lowest BCUT2D eigenvalue weighted by Crippen LogP contribution is -1.66. The minimum atomic E-state index is -4.64. The van der Waals surface area contributed by atoms with E-state index >= 15 is 0 Å². The van der Waals surface area contributed by atoms with Crippen LogP contribution in [0.2, 0.25) is 0 Å². The predicted octanol–water partition coefficient (Wildman–Crippen LogP) is -2.60. The monoisotopic (exact) mass is 390 g/mol. The standard InChI is InChI=1S/3H3O4P.HO2PS/c3*1-5(2,3)4;1-3(2)4/h3*(H3,1,2,3,4);(H,1,2,4). The summed E-state index contributed by atoms with van der Waals surface area (Å²) >= 11 is 3.69. The molecular formula is H10O14P4S. The van der Waals surface area contributed by atoms with Crippen molar-refractivity contribution in [2.24, 2.45) is 0 Å². The van der Waals surface area contributed by atoms with Crippen molar-refractivity contribution in [1.29, 1.82) is 0 Å². The second-order valence-electron chi connectivity index (χ2n) is 1.78. The van der Waals surface area contributed by atoms with Crippen LogP contribution in [0.3, 0.4) is 0 Å². The molecule has 19 heteroatoms. The van der Waals surface area contributed by atoms with E-state index in [4.69, 9.17) is 67.2 Å². The molecule has 0 amide bonds. The van der Waals surface area contributed by atoms with E-state index in [1.54, 1.807) is 0 Å². The van der Waals surface area contributed by atoms with Gasteiger partial charge >= 0.3 is 30.7 Å². The third-order valence-corrected chi connectivity index (χ3v) is 0. The minimum absolute atomic E-state index is 2.29. The molecule has 0 aliphatic carbocycles. The van der Waals surface area contributed by atoms with Crippen molar-refractivity contribution >= 4 is 42.9 Å². The van der Waals surface area contributed by atoms with E-state index in [1.165, 1.54) is 0 Å². The van der Waals surface area contributed by atoms with Gasteiger partial charge in [-0.05, 0) is 0 Å². The maximum absolute atomic E-state index is 8.96. The lowest BCUT2D eigenvalue weighted by molar-refractivity contribution is 0.272. The van der Waals surface area contributed by atoms with E-state index in [-0.39, 0.29) is 0 Å². The molecule has 0 fully saturated rings. The molecule has 1 atom stereocenters. The van der Waals surface area contributed by atoms with Crippen molar-refractivity contribution in [3.05, 3.63) is 0 Å². The second kappa shape index (κ2) is 12.5. The summed E-state index contributed by atoms with van der Waals surface area (Å²) in [6.07, 6.45) is 0. The molecule has 0 aromatic carbocycles. The first-order chi connectivity index (χ1) is 7.73. The van der Waals surface area contributed by atoms with Crippen molar-refractivity contribution < 1.29 is 67.2 Å². The summed E-state index contributed by atoms with van der Waals surface area (Å²) < 4.78 is 35.6. The van der Waals surface area contributed by atoms with Gasteiger partial charge in [-0.1, -0.05) is 4.57 Å². The van der Waals surface area contributed by atoms with Crippen LogP contribution in [0.5, 0.6) is 0 Å². The smallest absolute Gasteiger partial charge is 0.408 e. The van der Waals surface area contributed by atoms with Crippen molar-refractivity contribution in [3.63, 3.8) is 0 Å². The van der Waals surface area contributed by atoms with Crippen molar-refractivity contribution in [2.75, 3.05) is 0 Å². The van der Waals surface area contributed by atoms with E-state index in [1.807, 2.05) is 0 Å². The summed E-state index contributed by atoms with van der Waals surface area (Å²) in [5.41, 5.74) is 0. The van der Waals surface area contributed by atoms with Crippen molar-refractivity contribution in [3.8, 4) is 0 Å². The maximum atomic E-state index is 8.96. The van der Waals surface area contributed by atoms with Crippen LogP contribution in [0, 0.1) is 0 Å². The van der Waals surface area contributed by atoms with E-state index in [0.29, 0.717) is 0 Å². The molecule has 0 bridgehead atoms. The molecular weight excluding hydrogens is 380 g/mol. The Kier molecular flexibility index (Phi) is 18.4. The summed E-state index contributed by atoms with van der Waals surface area (Å²) in [6, 6.07) is 0. The highest BCUT2D eigenvalue weighted by Gasteiger charge is 2.01. The minimum Gasteiger partial charge on any atom is -0.408 e. The van der Waals surface area contributed by atoms with Gasteiger partial charge in [-0.2, -0.15) is 4.89 Å². The second-order valence-corrected chi connectivity index (χ2v) is 6.27. The van der Waals surface area contributed by atoms with Crippen molar-refractivity contribution in [1.82, 2.24) is 0 Å². The van der Waals surface area contributed by atoms with E-state index in [9.17, 15) is 0 Å². The van der Waals surface area contributed by atoms with Crippen LogP contribution < -0.4 is 0 Å². The predicted molar refractivity (Wildman–Crippen MR) is 60.0 cm³/mol. The molecule has 0 rings (SSSR count). The molecule has 0 heterocycles. The molecule has 0 aliphatic heterocycles. The first-order valence-corrected chi connectivity index (χ1v) is 9.83. The lowest BCUT2D eigenvalue weighted by Gasteiger charge is -1.82. The maximum Gasteiger partial charge on any atom is 0.466 e. The summed E-state index contributed by atoms with van der Waals surface area (Å²) in [7, 11) is -16.2. The van der Waals surface area contributed by atoms with Gasteiger partial charge in [0.2, 0.25) is 0 Å². The van der Waals surface area contributed by atoms with Crippen molar-refractivity contribution in [2.45, 2.75) is 0 Å². The van der Waals surface area contributed by atoms with Gasteiger partial charge in [0, 0.05) is 0 Å². The fourth-order valence-electron chi connectivity index (χ4n) is 0. The molecule has 120 valence electrons. The Balaban J connectivity index is -0.0000000793. The molecule has 0 aromatic rings. The Labute approximate surface area is 111 Å². The highest BCUT2D eigenvalue weighted by Crippen LogP contribution is 2.26. The molecule has 0 saturated carbocycles. The Morgan fingerprint density at radius 3 is 0.632 bits per heavy atom. The third-order valence-electron chi connectivity index (χ3n) is 0. The van der Waals surface area contributed by atoms with Gasteiger partial charge in [0.25, 0.3) is 0 Å². The summed E-state index contributed by atoms with van der Waals surface area (Å²) in [5.74, 6) is 0. The van der Waals surface area contributed by atoms with Crippen LogP contribution in [0.1, 0.15) is 0 Å². The normalized spacial score (nSPS) is 11.6. The van der Waals surface area contributed by atoms with Crippen LogP contribution in [0.25, 0.3) is 0 Å². The molecule has 0 saturated heterocycles.